The van der Waals surface area contributed by atoms with E-state index in [1.54, 1.807) is 4.90 Å². The number of halogens is 1. The highest BCUT2D eigenvalue weighted by Gasteiger charge is 2.29. The van der Waals surface area contributed by atoms with Crippen LogP contribution < -0.4 is 10.6 Å². The Hall–Kier alpha value is -0.810. The standard InChI is InChI=1S/C9H15N3O2.ClH/c13-8-3-5-12(9(14)11-8)7-2-1-4-10-6-7;/h7,10H,1-6H2,(H,11,13,14);1H. The van der Waals surface area contributed by atoms with E-state index in [1.807, 2.05) is 0 Å². The SMILES string of the molecule is Cl.O=C1CCN(C2CCCNC2)C(=O)N1. The minimum atomic E-state index is -0.227. The normalized spacial score (nSPS) is 26.9. The smallest absolute Gasteiger partial charge is 0.320 e. The first kappa shape index (κ1) is 12.3. The molecule has 2 heterocycles. The third kappa shape index (κ3) is 2.82. The van der Waals surface area contributed by atoms with Crippen molar-refractivity contribution >= 4 is 24.3 Å². The highest BCUT2D eigenvalue weighted by atomic mass is 35.5. The van der Waals surface area contributed by atoms with Gasteiger partial charge in [0, 0.05) is 25.6 Å². The third-order valence-electron chi connectivity index (χ3n) is 2.80. The number of rotatable bonds is 1. The Balaban J connectivity index is 0.00000112. The van der Waals surface area contributed by atoms with Gasteiger partial charge in [0.15, 0.2) is 0 Å². The lowest BCUT2D eigenvalue weighted by molar-refractivity contribution is -0.121. The minimum absolute atomic E-state index is 0. The number of carbonyl (C=O) groups is 2. The fourth-order valence-electron chi connectivity index (χ4n) is 2.02. The van der Waals surface area contributed by atoms with Gasteiger partial charge in [0.1, 0.15) is 0 Å². The molecule has 2 aliphatic rings. The van der Waals surface area contributed by atoms with Crippen LogP contribution in [0.5, 0.6) is 0 Å². The van der Waals surface area contributed by atoms with Gasteiger partial charge >= 0.3 is 6.03 Å². The molecule has 15 heavy (non-hydrogen) atoms. The summed E-state index contributed by atoms with van der Waals surface area (Å²) in [4.78, 5) is 24.2. The van der Waals surface area contributed by atoms with Crippen LogP contribution in [0.25, 0.3) is 0 Å². The Labute approximate surface area is 95.0 Å². The van der Waals surface area contributed by atoms with Crippen molar-refractivity contribution in [2.24, 2.45) is 0 Å². The second-order valence-electron chi connectivity index (χ2n) is 3.80. The molecule has 0 aromatic heterocycles. The molecule has 0 aromatic rings. The van der Waals surface area contributed by atoms with E-state index in [1.165, 1.54) is 0 Å². The summed E-state index contributed by atoms with van der Waals surface area (Å²) in [6.45, 7) is 2.45. The predicted octanol–water partition coefficient (Wildman–Crippen LogP) is 0.102. The zero-order valence-electron chi connectivity index (χ0n) is 8.49. The highest BCUT2D eigenvalue weighted by molar-refractivity contribution is 5.96. The molecule has 1 unspecified atom stereocenters. The Morgan fingerprint density at radius 3 is 2.73 bits per heavy atom. The molecule has 1 atom stereocenters. The fourth-order valence-corrected chi connectivity index (χ4v) is 2.02. The van der Waals surface area contributed by atoms with Crippen LogP contribution in [0.1, 0.15) is 19.3 Å². The molecule has 0 radical (unpaired) electrons. The first-order valence-electron chi connectivity index (χ1n) is 5.08. The zero-order valence-corrected chi connectivity index (χ0v) is 9.31. The Bertz CT molecular complexity index is 254. The van der Waals surface area contributed by atoms with Gasteiger partial charge in [-0.3, -0.25) is 10.1 Å². The highest BCUT2D eigenvalue weighted by Crippen LogP contribution is 2.13. The molecular formula is C9H16ClN3O2. The molecule has 2 N–H and O–H groups in total. The monoisotopic (exact) mass is 233 g/mol. The predicted molar refractivity (Wildman–Crippen MR) is 58.0 cm³/mol. The summed E-state index contributed by atoms with van der Waals surface area (Å²) >= 11 is 0. The van der Waals surface area contributed by atoms with Gasteiger partial charge in [0.05, 0.1) is 0 Å². The van der Waals surface area contributed by atoms with Crippen LogP contribution in [0.4, 0.5) is 4.79 Å². The van der Waals surface area contributed by atoms with E-state index in [4.69, 9.17) is 0 Å². The molecule has 5 nitrogen and oxygen atoms in total. The zero-order chi connectivity index (χ0) is 9.97. The van der Waals surface area contributed by atoms with Crippen LogP contribution in [-0.4, -0.2) is 42.5 Å². The lowest BCUT2D eigenvalue weighted by Gasteiger charge is -2.36. The lowest BCUT2D eigenvalue weighted by atomic mass is 10.1. The second-order valence-corrected chi connectivity index (χ2v) is 3.80. The molecule has 2 rings (SSSR count). The molecule has 0 saturated carbocycles. The number of hydrogen-bond donors (Lipinski definition) is 2. The Kier molecular flexibility index (Phi) is 4.35. The molecule has 86 valence electrons. The largest absolute Gasteiger partial charge is 0.324 e. The average Bonchev–Trinajstić information content (AvgIpc) is 2.19. The molecule has 2 saturated heterocycles. The van der Waals surface area contributed by atoms with Gasteiger partial charge in [-0.1, -0.05) is 0 Å². The molecule has 0 aliphatic carbocycles. The molecule has 3 amide bonds. The number of nitrogens with zero attached hydrogens (tertiary/aromatic N) is 1. The molecule has 2 fully saturated rings. The number of carbonyl (C=O) groups excluding carboxylic acids is 2. The van der Waals surface area contributed by atoms with E-state index in [0.29, 0.717) is 13.0 Å². The summed E-state index contributed by atoms with van der Waals surface area (Å²) in [6.07, 6.45) is 2.57. The van der Waals surface area contributed by atoms with Crippen molar-refractivity contribution in [3.05, 3.63) is 0 Å². The van der Waals surface area contributed by atoms with Crippen molar-refractivity contribution in [3.63, 3.8) is 0 Å². The molecular weight excluding hydrogens is 218 g/mol. The van der Waals surface area contributed by atoms with Crippen LogP contribution in [0.15, 0.2) is 0 Å². The summed E-state index contributed by atoms with van der Waals surface area (Å²) in [5.41, 5.74) is 0. The quantitative estimate of drug-likeness (QED) is 0.676. The summed E-state index contributed by atoms with van der Waals surface area (Å²) in [5, 5.41) is 5.60. The maximum absolute atomic E-state index is 11.5. The lowest BCUT2D eigenvalue weighted by Crippen LogP contribution is -2.57. The minimum Gasteiger partial charge on any atom is -0.320 e. The third-order valence-corrected chi connectivity index (χ3v) is 2.80. The van der Waals surface area contributed by atoms with E-state index < -0.39 is 0 Å². The summed E-state index contributed by atoms with van der Waals surface area (Å²) in [6, 6.07) is 0.0341. The van der Waals surface area contributed by atoms with Crippen LogP contribution in [0.2, 0.25) is 0 Å². The average molecular weight is 234 g/mol. The van der Waals surface area contributed by atoms with Crippen molar-refractivity contribution in [1.82, 2.24) is 15.5 Å². The molecule has 0 bridgehead atoms. The number of piperidine rings is 1. The van der Waals surface area contributed by atoms with Gasteiger partial charge in [-0.2, -0.15) is 0 Å². The molecule has 0 spiro atoms. The van der Waals surface area contributed by atoms with Crippen LogP contribution in [0, 0.1) is 0 Å². The van der Waals surface area contributed by atoms with Crippen molar-refractivity contribution in [2.75, 3.05) is 19.6 Å². The van der Waals surface area contributed by atoms with E-state index in [9.17, 15) is 9.59 Å². The number of urea groups is 1. The molecule has 6 heteroatoms. The molecule has 2 aliphatic heterocycles. The van der Waals surface area contributed by atoms with Gasteiger partial charge in [-0.15, -0.1) is 12.4 Å². The van der Waals surface area contributed by atoms with Crippen molar-refractivity contribution in [1.29, 1.82) is 0 Å². The maximum Gasteiger partial charge on any atom is 0.324 e. The van der Waals surface area contributed by atoms with Crippen molar-refractivity contribution < 1.29 is 9.59 Å². The van der Waals surface area contributed by atoms with E-state index >= 15 is 0 Å². The van der Waals surface area contributed by atoms with Gasteiger partial charge in [-0.25, -0.2) is 4.79 Å². The number of amides is 3. The molecule has 0 aromatic carbocycles. The van der Waals surface area contributed by atoms with Gasteiger partial charge in [0.25, 0.3) is 0 Å². The Morgan fingerprint density at radius 1 is 1.33 bits per heavy atom. The first-order chi connectivity index (χ1) is 6.77. The second kappa shape index (κ2) is 5.32. The van der Waals surface area contributed by atoms with E-state index in [2.05, 4.69) is 10.6 Å². The maximum atomic E-state index is 11.5. The van der Waals surface area contributed by atoms with Gasteiger partial charge in [0.2, 0.25) is 5.91 Å². The Morgan fingerprint density at radius 2 is 2.13 bits per heavy atom. The van der Waals surface area contributed by atoms with E-state index in [-0.39, 0.29) is 30.4 Å². The van der Waals surface area contributed by atoms with Gasteiger partial charge < -0.3 is 10.2 Å². The summed E-state index contributed by atoms with van der Waals surface area (Å²) in [7, 11) is 0. The number of nitrogens with one attached hydrogen (secondary N) is 2. The summed E-state index contributed by atoms with van der Waals surface area (Å²) in [5.74, 6) is -0.157. The number of hydrogen-bond acceptors (Lipinski definition) is 3. The van der Waals surface area contributed by atoms with Crippen LogP contribution in [-0.2, 0) is 4.79 Å². The topological polar surface area (TPSA) is 61.4 Å². The van der Waals surface area contributed by atoms with Crippen LogP contribution in [0.3, 0.4) is 0 Å². The van der Waals surface area contributed by atoms with Crippen molar-refractivity contribution in [2.45, 2.75) is 25.3 Å². The number of imide groups is 1. The van der Waals surface area contributed by atoms with Crippen LogP contribution >= 0.6 is 12.4 Å². The van der Waals surface area contributed by atoms with Gasteiger partial charge in [-0.05, 0) is 19.4 Å². The van der Waals surface area contributed by atoms with E-state index in [0.717, 1.165) is 25.9 Å². The fraction of sp³-hybridized carbons (Fsp3) is 0.778. The summed E-state index contributed by atoms with van der Waals surface area (Å²) < 4.78 is 0. The van der Waals surface area contributed by atoms with Crippen molar-refractivity contribution in [3.8, 4) is 0 Å². The first-order valence-corrected chi connectivity index (χ1v) is 5.08.